The number of nitrogens with zero attached hydrogens (tertiary/aromatic N) is 1. The van der Waals surface area contributed by atoms with E-state index >= 15 is 0 Å². The van der Waals surface area contributed by atoms with Gasteiger partial charge < -0.3 is 15.0 Å². The van der Waals surface area contributed by atoms with E-state index in [1.807, 2.05) is 18.2 Å². The third-order valence-electron chi connectivity index (χ3n) is 4.04. The third kappa shape index (κ3) is 4.07. The number of hydrogen-bond acceptors (Lipinski definition) is 3. The zero-order valence-electron chi connectivity index (χ0n) is 13.3. The minimum atomic E-state index is -0.162. The van der Waals surface area contributed by atoms with Gasteiger partial charge in [0.05, 0.1) is 12.5 Å². The molecule has 1 aromatic rings. The number of nitrogens with one attached hydrogen (secondary N) is 1. The van der Waals surface area contributed by atoms with Crippen LogP contribution in [0.15, 0.2) is 24.3 Å². The molecule has 1 atom stereocenters. The highest BCUT2D eigenvalue weighted by molar-refractivity contribution is 5.79. The quantitative estimate of drug-likeness (QED) is 0.813. The second kappa shape index (κ2) is 7.94. The molecule has 0 bridgehead atoms. The van der Waals surface area contributed by atoms with Gasteiger partial charge in [-0.2, -0.15) is 0 Å². The smallest absolute Gasteiger partial charge is 0.222 e. The van der Waals surface area contributed by atoms with Gasteiger partial charge in [-0.3, -0.25) is 9.59 Å². The molecule has 0 aromatic heterocycles. The fraction of sp³-hybridized carbons (Fsp3) is 0.529. The van der Waals surface area contributed by atoms with E-state index in [-0.39, 0.29) is 17.9 Å². The van der Waals surface area contributed by atoms with Crippen LogP contribution in [0.1, 0.15) is 36.9 Å². The first-order valence-electron chi connectivity index (χ1n) is 7.74. The lowest BCUT2D eigenvalue weighted by atomic mass is 9.90. The molecule has 2 amide bonds. The molecule has 1 aromatic carbocycles. The van der Waals surface area contributed by atoms with Gasteiger partial charge in [0.1, 0.15) is 0 Å². The summed E-state index contributed by atoms with van der Waals surface area (Å²) in [4.78, 5) is 25.8. The number of rotatable bonds is 6. The van der Waals surface area contributed by atoms with Crippen molar-refractivity contribution < 1.29 is 14.3 Å². The Labute approximate surface area is 131 Å². The van der Waals surface area contributed by atoms with Crippen molar-refractivity contribution in [3.8, 4) is 0 Å². The maximum atomic E-state index is 12.2. The summed E-state index contributed by atoms with van der Waals surface area (Å²) in [6, 6.07) is 7.91. The number of amides is 2. The average molecular weight is 304 g/mol. The molecule has 1 unspecified atom stereocenters. The fourth-order valence-corrected chi connectivity index (χ4v) is 2.94. The van der Waals surface area contributed by atoms with Gasteiger partial charge in [0, 0.05) is 33.7 Å². The summed E-state index contributed by atoms with van der Waals surface area (Å²) < 4.78 is 4.96. The van der Waals surface area contributed by atoms with Crippen molar-refractivity contribution in [3.05, 3.63) is 35.4 Å². The van der Waals surface area contributed by atoms with Crippen LogP contribution in [0.4, 0.5) is 0 Å². The maximum absolute atomic E-state index is 12.2. The molecule has 5 nitrogen and oxygen atoms in total. The van der Waals surface area contributed by atoms with E-state index < -0.39 is 0 Å². The molecule has 120 valence electrons. The lowest BCUT2D eigenvalue weighted by molar-refractivity contribution is -0.133. The highest BCUT2D eigenvalue weighted by Gasteiger charge is 2.30. The first kappa shape index (κ1) is 16.5. The Morgan fingerprint density at radius 3 is 2.86 bits per heavy atom. The van der Waals surface area contributed by atoms with Crippen LogP contribution in [0.25, 0.3) is 0 Å². The van der Waals surface area contributed by atoms with E-state index in [9.17, 15) is 9.59 Å². The van der Waals surface area contributed by atoms with Crippen LogP contribution in [-0.2, 0) is 20.7 Å². The normalized spacial score (nSPS) is 17.0. The third-order valence-corrected chi connectivity index (χ3v) is 4.04. The molecule has 5 heteroatoms. The fourth-order valence-electron chi connectivity index (χ4n) is 2.94. The molecule has 2 rings (SSSR count). The molecule has 0 fully saturated rings. The minimum absolute atomic E-state index is 0.0201. The highest BCUT2D eigenvalue weighted by atomic mass is 16.5. The summed E-state index contributed by atoms with van der Waals surface area (Å²) >= 11 is 0. The predicted octanol–water partition coefficient (Wildman–Crippen LogP) is 1.68. The van der Waals surface area contributed by atoms with Crippen molar-refractivity contribution in [2.45, 2.75) is 32.2 Å². The van der Waals surface area contributed by atoms with Gasteiger partial charge in [0.25, 0.3) is 0 Å². The van der Waals surface area contributed by atoms with Crippen LogP contribution in [0.3, 0.4) is 0 Å². The van der Waals surface area contributed by atoms with Crippen molar-refractivity contribution in [1.29, 1.82) is 0 Å². The molecule has 22 heavy (non-hydrogen) atoms. The van der Waals surface area contributed by atoms with Crippen LogP contribution in [0.5, 0.6) is 0 Å². The number of methoxy groups -OCH3 is 1. The largest absolute Gasteiger partial charge is 0.385 e. The second-order valence-electron chi connectivity index (χ2n) is 5.58. The molecule has 1 aliphatic heterocycles. The summed E-state index contributed by atoms with van der Waals surface area (Å²) in [5, 5.41) is 2.90. The number of hydrogen-bond donors (Lipinski definition) is 1. The van der Waals surface area contributed by atoms with Crippen molar-refractivity contribution in [2.75, 3.05) is 26.8 Å². The van der Waals surface area contributed by atoms with Crippen LogP contribution in [0, 0.1) is 0 Å². The van der Waals surface area contributed by atoms with E-state index in [4.69, 9.17) is 4.74 Å². The van der Waals surface area contributed by atoms with Crippen LogP contribution < -0.4 is 5.32 Å². The molecule has 0 saturated heterocycles. The van der Waals surface area contributed by atoms with Crippen molar-refractivity contribution in [2.24, 2.45) is 0 Å². The number of carbonyl (C=O) groups excluding carboxylic acids is 2. The van der Waals surface area contributed by atoms with E-state index in [0.29, 0.717) is 26.1 Å². The number of carbonyl (C=O) groups is 2. The topological polar surface area (TPSA) is 58.6 Å². The molecule has 1 N–H and O–H groups in total. The summed E-state index contributed by atoms with van der Waals surface area (Å²) in [6.07, 6.45) is 1.95. The lowest BCUT2D eigenvalue weighted by Gasteiger charge is -2.36. The number of ether oxygens (including phenoxy) is 1. The van der Waals surface area contributed by atoms with Crippen LogP contribution in [-0.4, -0.2) is 43.5 Å². The van der Waals surface area contributed by atoms with Crippen LogP contribution in [0.2, 0.25) is 0 Å². The van der Waals surface area contributed by atoms with Gasteiger partial charge >= 0.3 is 0 Å². The van der Waals surface area contributed by atoms with Gasteiger partial charge in [-0.25, -0.2) is 0 Å². The van der Waals surface area contributed by atoms with Crippen LogP contribution >= 0.6 is 0 Å². The van der Waals surface area contributed by atoms with E-state index in [1.54, 1.807) is 18.9 Å². The zero-order chi connectivity index (χ0) is 15.9. The van der Waals surface area contributed by atoms with Crippen molar-refractivity contribution >= 4 is 11.8 Å². The highest BCUT2D eigenvalue weighted by Crippen LogP contribution is 2.32. The number of benzene rings is 1. The van der Waals surface area contributed by atoms with Gasteiger partial charge in [0.2, 0.25) is 11.8 Å². The van der Waals surface area contributed by atoms with E-state index in [0.717, 1.165) is 18.4 Å². The minimum Gasteiger partial charge on any atom is -0.385 e. The van der Waals surface area contributed by atoms with Gasteiger partial charge in [-0.05, 0) is 24.0 Å². The Kier molecular flexibility index (Phi) is 5.95. The first-order chi connectivity index (χ1) is 10.6. The second-order valence-corrected chi connectivity index (χ2v) is 5.58. The Morgan fingerprint density at radius 1 is 1.36 bits per heavy atom. The monoisotopic (exact) mass is 304 g/mol. The van der Waals surface area contributed by atoms with Gasteiger partial charge in [-0.15, -0.1) is 0 Å². The average Bonchev–Trinajstić information content (AvgIpc) is 2.51. The van der Waals surface area contributed by atoms with Crippen molar-refractivity contribution in [3.63, 3.8) is 0 Å². The van der Waals surface area contributed by atoms with Crippen molar-refractivity contribution in [1.82, 2.24) is 10.2 Å². The summed E-state index contributed by atoms with van der Waals surface area (Å²) in [6.45, 7) is 3.47. The Balaban J connectivity index is 2.04. The molecule has 1 heterocycles. The summed E-state index contributed by atoms with van der Waals surface area (Å²) in [7, 11) is 1.64. The summed E-state index contributed by atoms with van der Waals surface area (Å²) in [5.74, 6) is -0.00394. The Bertz CT molecular complexity index is 530. The SMILES string of the molecule is COCCCNC(=O)CC1c2ccccc2CCN1C(C)=O. The maximum Gasteiger partial charge on any atom is 0.222 e. The molecule has 0 saturated carbocycles. The van der Waals surface area contributed by atoms with E-state index in [2.05, 4.69) is 11.4 Å². The molecule has 0 spiro atoms. The molecular formula is C17H24N2O3. The molecule has 1 aliphatic rings. The first-order valence-corrected chi connectivity index (χ1v) is 7.74. The molecular weight excluding hydrogens is 280 g/mol. The van der Waals surface area contributed by atoms with Gasteiger partial charge in [-0.1, -0.05) is 24.3 Å². The molecule has 0 aliphatic carbocycles. The Morgan fingerprint density at radius 2 is 2.14 bits per heavy atom. The van der Waals surface area contributed by atoms with Gasteiger partial charge in [0.15, 0.2) is 0 Å². The zero-order valence-corrected chi connectivity index (χ0v) is 13.3. The number of fused-ring (bicyclic) bond motifs is 1. The van der Waals surface area contributed by atoms with E-state index in [1.165, 1.54) is 5.56 Å². The summed E-state index contributed by atoms with van der Waals surface area (Å²) in [5.41, 5.74) is 2.33. The predicted molar refractivity (Wildman–Crippen MR) is 84.4 cm³/mol. The lowest BCUT2D eigenvalue weighted by Crippen LogP contribution is -2.41. The standard InChI is InChI=1S/C17H24N2O3/c1-13(20)19-10-8-14-6-3-4-7-15(14)16(19)12-17(21)18-9-5-11-22-2/h3-4,6-7,16H,5,8-12H2,1-2H3,(H,18,21). The molecule has 0 radical (unpaired) electrons. The Hall–Kier alpha value is -1.88.